The van der Waals surface area contributed by atoms with Gasteiger partial charge < -0.3 is 10.4 Å². The fraction of sp³-hybridized carbons (Fsp3) is 0.0667. The smallest absolute Gasteiger partial charge is 0.317 e. The number of aromatic hydroxyl groups is 1. The first kappa shape index (κ1) is 15.3. The zero-order valence-corrected chi connectivity index (χ0v) is 12.1. The van der Waals surface area contributed by atoms with Gasteiger partial charge in [-0.05, 0) is 23.6 Å². The zero-order valence-electron chi connectivity index (χ0n) is 12.1. The molecular weight excluding hydrogens is 317 g/mol. The highest BCUT2D eigenvalue weighted by molar-refractivity contribution is 5.95. The lowest BCUT2D eigenvalue weighted by Crippen LogP contribution is -2.28. The molecule has 0 spiro atoms. The van der Waals surface area contributed by atoms with Crippen molar-refractivity contribution in [3.05, 3.63) is 63.1 Å². The van der Waals surface area contributed by atoms with Crippen molar-refractivity contribution in [1.29, 1.82) is 5.41 Å². The molecule has 0 saturated heterocycles. The molecule has 0 saturated carbocycles. The van der Waals surface area contributed by atoms with Crippen LogP contribution in [0.15, 0.2) is 35.3 Å². The molecule has 8 nitrogen and oxygen atoms in total. The van der Waals surface area contributed by atoms with E-state index < -0.39 is 28.7 Å². The number of rotatable bonds is 3. The molecular formula is C15H10FN5O3. The van der Waals surface area contributed by atoms with Gasteiger partial charge in [0.05, 0.1) is 6.20 Å². The minimum atomic E-state index is -0.923. The SMILES string of the molecule is N=C=c1cnn2c(=O)c(O)c(C(=O)NCc3ccc(F)cc3)nc12. The van der Waals surface area contributed by atoms with E-state index in [-0.39, 0.29) is 17.4 Å². The minimum Gasteiger partial charge on any atom is -0.501 e. The van der Waals surface area contributed by atoms with Gasteiger partial charge >= 0.3 is 5.56 Å². The number of nitrogens with one attached hydrogen (secondary N) is 2. The van der Waals surface area contributed by atoms with E-state index in [1.165, 1.54) is 30.5 Å². The standard InChI is InChI=1S/C15H10FN5O3/c16-10-3-1-8(2-4-10)6-18-14(23)11-12(22)15(24)21-13(20-11)9(5-17)7-19-21/h1-4,7,17,22H,6H2,(H,18,23). The summed E-state index contributed by atoms with van der Waals surface area (Å²) in [7, 11) is 0. The van der Waals surface area contributed by atoms with E-state index in [1.807, 2.05) is 5.87 Å². The molecule has 0 fully saturated rings. The number of halogens is 1. The van der Waals surface area contributed by atoms with Gasteiger partial charge in [-0.3, -0.25) is 15.0 Å². The van der Waals surface area contributed by atoms with Crippen molar-refractivity contribution < 1.29 is 14.3 Å². The Kier molecular flexibility index (Phi) is 3.77. The van der Waals surface area contributed by atoms with Crippen LogP contribution in [-0.2, 0) is 6.54 Å². The Morgan fingerprint density at radius 2 is 2.08 bits per heavy atom. The van der Waals surface area contributed by atoms with E-state index in [0.717, 1.165) is 4.52 Å². The summed E-state index contributed by atoms with van der Waals surface area (Å²) in [6, 6.07) is 5.48. The highest BCUT2D eigenvalue weighted by Gasteiger charge is 2.20. The lowest BCUT2D eigenvalue weighted by Gasteiger charge is -2.06. The van der Waals surface area contributed by atoms with E-state index in [0.29, 0.717) is 5.56 Å². The fourth-order valence-electron chi connectivity index (χ4n) is 2.07. The first-order chi connectivity index (χ1) is 11.5. The maximum atomic E-state index is 12.8. The number of carbonyl (C=O) groups excluding carboxylic acids is 1. The average Bonchev–Trinajstić information content (AvgIpc) is 3.00. The van der Waals surface area contributed by atoms with Gasteiger partial charge in [0.2, 0.25) is 5.75 Å². The van der Waals surface area contributed by atoms with Crippen LogP contribution in [0.1, 0.15) is 16.1 Å². The normalized spacial score (nSPS) is 10.5. The molecule has 3 aromatic rings. The molecule has 24 heavy (non-hydrogen) atoms. The first-order valence-electron chi connectivity index (χ1n) is 6.74. The van der Waals surface area contributed by atoms with Crippen molar-refractivity contribution in [1.82, 2.24) is 19.9 Å². The van der Waals surface area contributed by atoms with Gasteiger partial charge in [-0.15, -0.1) is 0 Å². The quantitative estimate of drug-likeness (QED) is 0.560. The second-order valence-electron chi connectivity index (χ2n) is 4.84. The molecule has 3 N–H and O–H groups in total. The molecule has 120 valence electrons. The Balaban J connectivity index is 1.94. The van der Waals surface area contributed by atoms with Crippen LogP contribution in [0.3, 0.4) is 0 Å². The average molecular weight is 327 g/mol. The Hall–Kier alpha value is -3.58. The van der Waals surface area contributed by atoms with Gasteiger partial charge in [0.1, 0.15) is 11.0 Å². The number of benzene rings is 1. The van der Waals surface area contributed by atoms with Gasteiger partial charge in [-0.2, -0.15) is 9.61 Å². The van der Waals surface area contributed by atoms with Gasteiger partial charge in [-0.25, -0.2) is 9.37 Å². The van der Waals surface area contributed by atoms with Crippen LogP contribution in [0.25, 0.3) is 5.65 Å². The highest BCUT2D eigenvalue weighted by atomic mass is 19.1. The number of carbonyl (C=O) groups is 1. The van der Waals surface area contributed by atoms with Crippen LogP contribution in [-0.4, -0.2) is 31.5 Å². The second-order valence-corrected chi connectivity index (χ2v) is 4.84. The third-order valence-electron chi connectivity index (χ3n) is 3.30. The molecule has 0 radical (unpaired) electrons. The number of amides is 1. The number of hydrogen-bond acceptors (Lipinski definition) is 6. The summed E-state index contributed by atoms with van der Waals surface area (Å²) in [5, 5.41) is 23.3. The fourth-order valence-corrected chi connectivity index (χ4v) is 2.07. The molecule has 0 unspecified atom stereocenters. The number of aromatic nitrogens is 3. The third-order valence-corrected chi connectivity index (χ3v) is 3.30. The topological polar surface area (TPSA) is 120 Å². The largest absolute Gasteiger partial charge is 0.501 e. The Morgan fingerprint density at radius 3 is 2.75 bits per heavy atom. The second kappa shape index (κ2) is 5.90. The van der Waals surface area contributed by atoms with Crippen LogP contribution < -0.4 is 16.1 Å². The maximum Gasteiger partial charge on any atom is 0.317 e. The van der Waals surface area contributed by atoms with Crippen molar-refractivity contribution in [2.24, 2.45) is 0 Å². The van der Waals surface area contributed by atoms with Gasteiger partial charge in [0, 0.05) is 6.54 Å². The molecule has 1 aromatic carbocycles. The Morgan fingerprint density at radius 1 is 1.38 bits per heavy atom. The van der Waals surface area contributed by atoms with Crippen molar-refractivity contribution in [2.45, 2.75) is 6.54 Å². The summed E-state index contributed by atoms with van der Waals surface area (Å²) >= 11 is 0. The van der Waals surface area contributed by atoms with Crippen LogP contribution >= 0.6 is 0 Å². The molecule has 2 heterocycles. The van der Waals surface area contributed by atoms with Crippen molar-refractivity contribution in [3.63, 3.8) is 0 Å². The van der Waals surface area contributed by atoms with Gasteiger partial charge in [0.25, 0.3) is 5.91 Å². The summed E-state index contributed by atoms with van der Waals surface area (Å²) in [6.45, 7) is 0.0580. The summed E-state index contributed by atoms with van der Waals surface area (Å²) in [6.07, 6.45) is 1.18. The summed E-state index contributed by atoms with van der Waals surface area (Å²) in [5.41, 5.74) is -0.828. The molecule has 0 bridgehead atoms. The molecule has 0 atom stereocenters. The molecule has 3 rings (SSSR count). The Bertz CT molecular complexity index is 1070. The summed E-state index contributed by atoms with van der Waals surface area (Å²) in [4.78, 5) is 28.1. The summed E-state index contributed by atoms with van der Waals surface area (Å²) < 4.78 is 13.6. The van der Waals surface area contributed by atoms with Crippen molar-refractivity contribution in [2.75, 3.05) is 0 Å². The monoisotopic (exact) mass is 327 g/mol. The molecule has 9 heteroatoms. The van der Waals surface area contributed by atoms with Crippen LogP contribution in [0.5, 0.6) is 5.75 Å². The first-order valence-corrected chi connectivity index (χ1v) is 6.74. The molecule has 2 aromatic heterocycles. The molecule has 1 amide bonds. The van der Waals surface area contributed by atoms with E-state index in [1.54, 1.807) is 0 Å². The van der Waals surface area contributed by atoms with Gasteiger partial charge in [-0.1, -0.05) is 12.1 Å². The maximum absolute atomic E-state index is 12.8. The third kappa shape index (κ3) is 2.59. The van der Waals surface area contributed by atoms with Gasteiger partial charge in [0.15, 0.2) is 11.3 Å². The predicted octanol–water partition coefficient (Wildman–Crippen LogP) is -0.497. The predicted molar refractivity (Wildman–Crippen MR) is 80.5 cm³/mol. The van der Waals surface area contributed by atoms with E-state index >= 15 is 0 Å². The molecule has 0 aliphatic rings. The number of fused-ring (bicyclic) bond motifs is 1. The molecule has 0 aliphatic heterocycles. The van der Waals surface area contributed by atoms with Crippen LogP contribution in [0.2, 0.25) is 0 Å². The van der Waals surface area contributed by atoms with E-state index in [9.17, 15) is 19.1 Å². The van der Waals surface area contributed by atoms with Crippen LogP contribution in [0.4, 0.5) is 4.39 Å². The summed E-state index contributed by atoms with van der Waals surface area (Å²) in [5.74, 6) is 0.00928. The zero-order chi connectivity index (χ0) is 17.3. The Labute approximate surface area is 133 Å². The lowest BCUT2D eigenvalue weighted by atomic mass is 10.2. The highest BCUT2D eigenvalue weighted by Crippen LogP contribution is 2.09. The van der Waals surface area contributed by atoms with Crippen LogP contribution in [0, 0.1) is 11.2 Å². The lowest BCUT2D eigenvalue weighted by molar-refractivity contribution is 0.0942. The molecule has 0 aliphatic carbocycles. The minimum absolute atomic E-state index is 0.0558. The van der Waals surface area contributed by atoms with E-state index in [4.69, 9.17) is 5.41 Å². The van der Waals surface area contributed by atoms with Crippen molar-refractivity contribution >= 4 is 17.4 Å². The van der Waals surface area contributed by atoms with Crippen molar-refractivity contribution in [3.8, 4) is 5.75 Å². The number of hydrogen-bond donors (Lipinski definition) is 3. The van der Waals surface area contributed by atoms with E-state index in [2.05, 4.69) is 15.4 Å². The number of nitrogens with zero attached hydrogens (tertiary/aromatic N) is 3.